The number of carbonyl (C=O) groups is 4. The summed E-state index contributed by atoms with van der Waals surface area (Å²) in [4.78, 5) is 36.0. The van der Waals surface area contributed by atoms with Crippen molar-refractivity contribution < 1.29 is 39.6 Å². The van der Waals surface area contributed by atoms with Gasteiger partial charge in [-0.25, -0.2) is 0 Å². The summed E-state index contributed by atoms with van der Waals surface area (Å²) in [6.45, 7) is 6.51. The van der Waals surface area contributed by atoms with E-state index in [-0.39, 0.29) is 12.3 Å². The molecular formula is C11H23LiN2O8. The van der Waals surface area contributed by atoms with Crippen molar-refractivity contribution in [3.63, 3.8) is 0 Å². The van der Waals surface area contributed by atoms with Crippen molar-refractivity contribution in [2.24, 2.45) is 0 Å². The Bertz CT molecular complexity index is 196. The molecule has 0 aliphatic rings. The van der Waals surface area contributed by atoms with Gasteiger partial charge in [0, 0.05) is 40.0 Å². The van der Waals surface area contributed by atoms with Crippen LogP contribution in [0.2, 0.25) is 5.09 Å². The van der Waals surface area contributed by atoms with Gasteiger partial charge in [0.05, 0.1) is 0 Å². The average Bonchev–Trinajstić information content (AvgIpc) is 2.13. The fourth-order valence-corrected chi connectivity index (χ4v) is 0. The van der Waals surface area contributed by atoms with Crippen LogP contribution >= 0.6 is 0 Å². The van der Waals surface area contributed by atoms with Gasteiger partial charge in [-0.1, -0.05) is 0 Å². The minimum atomic E-state index is -0.833. The van der Waals surface area contributed by atoms with E-state index < -0.39 is 23.9 Å². The van der Waals surface area contributed by atoms with Gasteiger partial charge < -0.3 is 20.4 Å². The van der Waals surface area contributed by atoms with Crippen LogP contribution in [0.5, 0.6) is 0 Å². The van der Waals surface area contributed by atoms with Gasteiger partial charge in [0.2, 0.25) is 0 Å². The second kappa shape index (κ2) is 42.7. The molecule has 22 heavy (non-hydrogen) atoms. The van der Waals surface area contributed by atoms with Crippen LogP contribution in [0.3, 0.4) is 0 Å². The van der Waals surface area contributed by atoms with E-state index in [2.05, 4.69) is 24.6 Å². The van der Waals surface area contributed by atoms with Crippen molar-refractivity contribution in [2.75, 3.05) is 0 Å². The summed E-state index contributed by atoms with van der Waals surface area (Å²) < 4.78 is 0. The Balaban J connectivity index is -0.0000000250. The van der Waals surface area contributed by atoms with E-state index in [1.807, 2.05) is 0 Å². The van der Waals surface area contributed by atoms with Gasteiger partial charge in [0.25, 0.3) is 23.9 Å². The molecule has 0 aromatic rings. The van der Waals surface area contributed by atoms with Crippen molar-refractivity contribution in [1.82, 2.24) is 12.3 Å². The molecule has 11 heteroatoms. The maximum atomic E-state index is 9.00. The number of hydrogen-bond donors (Lipinski definition) is 4. The summed E-state index contributed by atoms with van der Waals surface area (Å²) in [5, 5.41) is 31.0. The van der Waals surface area contributed by atoms with E-state index in [0.29, 0.717) is 0 Å². The van der Waals surface area contributed by atoms with Crippen molar-refractivity contribution in [3.05, 3.63) is 0 Å². The zero-order valence-electron chi connectivity index (χ0n) is 13.7. The summed E-state index contributed by atoms with van der Waals surface area (Å²) in [5.74, 6) is -3.33. The molecule has 0 aliphatic heterocycles. The number of nitrogens with zero attached hydrogens (tertiary/aromatic N) is 2. The van der Waals surface area contributed by atoms with Crippen LogP contribution in [0, 0.1) is 0 Å². The Morgan fingerprint density at radius 1 is 0.682 bits per heavy atom. The van der Waals surface area contributed by atoms with Gasteiger partial charge in [0.1, 0.15) is 0 Å². The zero-order chi connectivity index (χ0) is 17.7. The van der Waals surface area contributed by atoms with Crippen LogP contribution in [-0.4, -0.2) is 62.0 Å². The number of aliphatic carboxylic acids is 4. The Morgan fingerprint density at radius 2 is 0.727 bits per heavy atom. The third-order valence-electron chi connectivity index (χ3n) is 0.500. The van der Waals surface area contributed by atoms with Crippen molar-refractivity contribution in [3.8, 4) is 0 Å². The predicted octanol–water partition coefficient (Wildman–Crippen LogP) is 0.386. The maximum absolute atomic E-state index is 9.00. The first-order valence-electron chi connectivity index (χ1n) is 5.63. The number of rotatable bonds is 1. The molecule has 0 spiro atoms. The molecule has 0 atom stereocenters. The summed E-state index contributed by atoms with van der Waals surface area (Å²) in [6.07, 6.45) is 1.32. The van der Waals surface area contributed by atoms with E-state index in [4.69, 9.17) is 39.6 Å². The minimum Gasteiger partial charge on any atom is 0 e. The quantitative estimate of drug-likeness (QED) is 0.495. The van der Waals surface area contributed by atoms with Crippen LogP contribution in [-0.2, 0) is 19.2 Å². The van der Waals surface area contributed by atoms with Gasteiger partial charge in [-0.05, 0) is 0 Å². The molecular weight excluding hydrogens is 295 g/mol. The van der Waals surface area contributed by atoms with E-state index >= 15 is 0 Å². The van der Waals surface area contributed by atoms with E-state index in [1.165, 1.54) is 11.5 Å². The Morgan fingerprint density at radius 3 is 0.727 bits per heavy atom. The molecule has 0 amide bonds. The molecule has 0 unspecified atom stereocenters. The predicted molar refractivity (Wildman–Crippen MR) is 78.4 cm³/mol. The molecule has 0 aromatic carbocycles. The summed E-state index contributed by atoms with van der Waals surface area (Å²) >= 11 is 2.18. The molecule has 0 heterocycles. The van der Waals surface area contributed by atoms with Crippen LogP contribution in [0.25, 0.3) is 0 Å². The molecule has 4 N–H and O–H groups in total. The number of carboxylic acids is 4. The summed E-state index contributed by atoms with van der Waals surface area (Å²) in [6, 6.07) is 0. The molecule has 0 fully saturated rings. The second-order valence-corrected chi connectivity index (χ2v) is 3.08. The first-order chi connectivity index (χ1) is 8.84. The fourth-order valence-electron chi connectivity index (χ4n) is 0. The molecule has 0 saturated carbocycles. The maximum Gasteiger partial charge on any atom is 0 e. The number of carboxylic acid groups (broad SMARTS) is 4. The first kappa shape index (κ1) is 42.8. The van der Waals surface area contributed by atoms with Crippen LogP contribution in [0.1, 0.15) is 41.0 Å². The van der Waals surface area contributed by atoms with Gasteiger partial charge in [-0.15, -0.1) is 0 Å². The molecule has 0 rings (SSSR count). The SMILES string of the molecule is CC(=O)O.CC(=O)O.CC(=O)O.CC(=O)O.[Li][CH2]CC.[N].[N]. The standard InChI is InChI=1S/C3H7.4C2H4O2.Li.2N/c1-3-2;4*1-2(3)4;;;/h1,3H2,2H3;4*1H3,(H,3,4);;;. The third kappa shape index (κ3) is 15300. The molecule has 6 radical (unpaired) electrons. The summed E-state index contributed by atoms with van der Waals surface area (Å²) in [5.41, 5.74) is 0. The fraction of sp³-hybridized carbons (Fsp3) is 0.636. The molecule has 126 valence electrons. The van der Waals surface area contributed by atoms with Crippen molar-refractivity contribution in [2.45, 2.75) is 46.1 Å². The Kier molecular flexibility index (Phi) is 83.0. The van der Waals surface area contributed by atoms with E-state index in [9.17, 15) is 0 Å². The van der Waals surface area contributed by atoms with Gasteiger partial charge in [-0.3, -0.25) is 19.2 Å². The molecule has 0 bridgehead atoms. The van der Waals surface area contributed by atoms with E-state index in [0.717, 1.165) is 27.7 Å². The Labute approximate surface area is 140 Å². The van der Waals surface area contributed by atoms with Crippen LogP contribution < -0.4 is 12.3 Å². The first-order valence-corrected chi connectivity index (χ1v) is 5.63. The van der Waals surface area contributed by atoms with Crippen molar-refractivity contribution >= 4 is 41.6 Å². The van der Waals surface area contributed by atoms with Gasteiger partial charge in [-0.2, -0.15) is 0 Å². The largest absolute Gasteiger partial charge is 0 e. The molecule has 0 aliphatic carbocycles. The zero-order valence-corrected chi connectivity index (χ0v) is 13.7. The monoisotopic (exact) mass is 318 g/mol. The minimum absolute atomic E-state index is 0. The number of hydrogen-bond acceptors (Lipinski definition) is 4. The summed E-state index contributed by atoms with van der Waals surface area (Å²) in [7, 11) is 0. The molecule has 0 aromatic heterocycles. The van der Waals surface area contributed by atoms with Crippen LogP contribution in [0.15, 0.2) is 0 Å². The van der Waals surface area contributed by atoms with Crippen LogP contribution in [0.4, 0.5) is 0 Å². The average molecular weight is 318 g/mol. The third-order valence-corrected chi connectivity index (χ3v) is 0.500. The second-order valence-electron chi connectivity index (χ2n) is 3.08. The van der Waals surface area contributed by atoms with E-state index in [1.54, 1.807) is 0 Å². The van der Waals surface area contributed by atoms with Gasteiger partial charge >= 0.3 is 36.2 Å². The van der Waals surface area contributed by atoms with Gasteiger partial charge in [0.15, 0.2) is 0 Å². The topological polar surface area (TPSA) is 210 Å². The van der Waals surface area contributed by atoms with Crippen molar-refractivity contribution in [1.29, 1.82) is 0 Å². The molecule has 10 nitrogen and oxygen atoms in total. The normalized spacial score (nSPS) is 5.95. The smallest absolute Gasteiger partial charge is 0 e. The Hall–Kier alpha value is -1.60. The molecule has 0 saturated heterocycles.